The Kier molecular flexibility index (Phi) is 2.03. The number of carbonyl (C=O) groups is 1. The van der Waals surface area contributed by atoms with Gasteiger partial charge < -0.3 is 9.64 Å². The number of carbonyl (C=O) groups excluding carboxylic acids is 1. The lowest BCUT2D eigenvalue weighted by Crippen LogP contribution is -2.44. The molecule has 0 radical (unpaired) electrons. The molecule has 2 rings (SSSR count). The largest absolute Gasteiger partial charge is 0.354 e. The van der Waals surface area contributed by atoms with Gasteiger partial charge in [-0.1, -0.05) is 0 Å². The molecule has 3 atom stereocenters. The van der Waals surface area contributed by atoms with Gasteiger partial charge in [0.1, 0.15) is 5.72 Å². The molecule has 0 aliphatic carbocycles. The van der Waals surface area contributed by atoms with Crippen LogP contribution in [0.25, 0.3) is 0 Å². The summed E-state index contributed by atoms with van der Waals surface area (Å²) in [6, 6.07) is -0.433. The Labute approximate surface area is 81.0 Å². The summed E-state index contributed by atoms with van der Waals surface area (Å²) in [4.78, 5) is 12.8. The summed E-state index contributed by atoms with van der Waals surface area (Å²) in [6.07, 6.45) is -1.70. The average molecular weight is 205 g/mol. The van der Waals surface area contributed by atoms with Gasteiger partial charge in [0.15, 0.2) is 6.17 Å². The van der Waals surface area contributed by atoms with Crippen molar-refractivity contribution < 1.29 is 18.3 Å². The minimum atomic E-state index is -1.70. The number of hydrogen-bond acceptors (Lipinski definition) is 2. The van der Waals surface area contributed by atoms with Gasteiger partial charge in [-0.05, 0) is 13.8 Å². The summed E-state index contributed by atoms with van der Waals surface area (Å²) in [5.74, 6) is -1.50. The number of nitrogens with zero attached hydrogens (tertiary/aromatic N) is 1. The van der Waals surface area contributed by atoms with Gasteiger partial charge in [0, 0.05) is 0 Å². The molecule has 3 nitrogen and oxygen atoms in total. The fraction of sp³-hybridized carbons (Fsp3) is 0.889. The third-order valence-corrected chi connectivity index (χ3v) is 3.04. The van der Waals surface area contributed by atoms with E-state index in [0.29, 0.717) is 0 Å². The molecule has 2 aliphatic heterocycles. The smallest absolute Gasteiger partial charge is 0.260 e. The molecule has 80 valence electrons. The molecule has 0 aromatic rings. The van der Waals surface area contributed by atoms with Crippen molar-refractivity contribution in [3.63, 3.8) is 0 Å². The minimum absolute atomic E-state index is 0.230. The van der Waals surface area contributed by atoms with Crippen LogP contribution in [0.1, 0.15) is 13.8 Å². The van der Waals surface area contributed by atoms with Crippen LogP contribution in [0.4, 0.5) is 8.78 Å². The lowest BCUT2D eigenvalue weighted by atomic mass is 10.0. The zero-order valence-electron chi connectivity index (χ0n) is 8.17. The molecule has 14 heavy (non-hydrogen) atoms. The average Bonchev–Trinajstić information content (AvgIpc) is 2.53. The molecular weight excluding hydrogens is 192 g/mol. The molecule has 0 spiro atoms. The molecule has 2 saturated heterocycles. The summed E-state index contributed by atoms with van der Waals surface area (Å²) >= 11 is 0. The lowest BCUT2D eigenvalue weighted by Gasteiger charge is -2.29. The monoisotopic (exact) mass is 205 g/mol. The molecule has 5 heteroatoms. The maximum Gasteiger partial charge on any atom is 0.260 e. The first-order valence-electron chi connectivity index (χ1n) is 4.66. The molecule has 2 aliphatic rings. The number of fused-ring (bicyclic) bond motifs is 1. The van der Waals surface area contributed by atoms with Gasteiger partial charge in [0.25, 0.3) is 5.91 Å². The van der Waals surface area contributed by atoms with Crippen molar-refractivity contribution in [3.8, 4) is 0 Å². The van der Waals surface area contributed by atoms with Gasteiger partial charge in [0.2, 0.25) is 0 Å². The van der Waals surface area contributed by atoms with Crippen LogP contribution >= 0.6 is 0 Å². The summed E-state index contributed by atoms with van der Waals surface area (Å²) in [5.41, 5.74) is -0.796. The van der Waals surface area contributed by atoms with Crippen LogP contribution in [0.15, 0.2) is 0 Å². The highest BCUT2D eigenvalue weighted by molar-refractivity contribution is 5.85. The third-order valence-electron chi connectivity index (χ3n) is 3.04. The molecule has 0 bridgehead atoms. The number of alkyl halides is 2. The highest BCUT2D eigenvalue weighted by atomic mass is 19.1. The SMILES string of the molecule is CC1(C)OC[C@@H]2[C@H](CF)[C@H](F)C(=O)N21. The number of hydrogen-bond donors (Lipinski definition) is 0. The maximum atomic E-state index is 13.4. The first-order chi connectivity index (χ1) is 6.49. The fourth-order valence-corrected chi connectivity index (χ4v) is 2.27. The van der Waals surface area contributed by atoms with Crippen LogP contribution in [0.3, 0.4) is 0 Å². The van der Waals surface area contributed by atoms with Crippen molar-refractivity contribution in [3.05, 3.63) is 0 Å². The van der Waals surface area contributed by atoms with Crippen LogP contribution in [-0.4, -0.2) is 42.0 Å². The zero-order chi connectivity index (χ0) is 10.5. The Morgan fingerprint density at radius 2 is 2.29 bits per heavy atom. The standard InChI is InChI=1S/C9H13F2NO2/c1-9(2)12-6(4-14-9)5(3-10)7(11)8(12)13/h5-7H,3-4H2,1-2H3/t5-,6+,7-/m0/s1. The molecule has 0 aromatic carbocycles. The highest BCUT2D eigenvalue weighted by Crippen LogP contribution is 2.39. The summed E-state index contributed by atoms with van der Waals surface area (Å²) in [7, 11) is 0. The molecule has 2 heterocycles. The first-order valence-corrected chi connectivity index (χ1v) is 4.66. The van der Waals surface area contributed by atoms with Crippen molar-refractivity contribution in [2.75, 3.05) is 13.3 Å². The predicted molar refractivity (Wildman–Crippen MR) is 45.0 cm³/mol. The van der Waals surface area contributed by atoms with E-state index in [1.807, 2.05) is 0 Å². The van der Waals surface area contributed by atoms with E-state index in [-0.39, 0.29) is 6.61 Å². The van der Waals surface area contributed by atoms with Crippen molar-refractivity contribution in [2.24, 2.45) is 5.92 Å². The predicted octanol–water partition coefficient (Wildman–Crippen LogP) is 0.887. The van der Waals surface area contributed by atoms with E-state index in [4.69, 9.17) is 4.74 Å². The molecule has 0 saturated carbocycles. The van der Waals surface area contributed by atoms with E-state index < -0.39 is 36.4 Å². The topological polar surface area (TPSA) is 29.5 Å². The van der Waals surface area contributed by atoms with Gasteiger partial charge in [-0.3, -0.25) is 9.18 Å². The number of halogens is 2. The van der Waals surface area contributed by atoms with Crippen molar-refractivity contribution >= 4 is 5.91 Å². The molecule has 0 unspecified atom stereocenters. The van der Waals surface area contributed by atoms with Crippen LogP contribution < -0.4 is 0 Å². The van der Waals surface area contributed by atoms with Gasteiger partial charge >= 0.3 is 0 Å². The normalized spacial score (nSPS) is 40.4. The number of amides is 1. The van der Waals surface area contributed by atoms with E-state index in [1.54, 1.807) is 13.8 Å². The molecule has 0 aromatic heterocycles. The second-order valence-electron chi connectivity index (χ2n) is 4.25. The molecule has 2 fully saturated rings. The maximum absolute atomic E-state index is 13.4. The van der Waals surface area contributed by atoms with Crippen LogP contribution in [0.5, 0.6) is 0 Å². The van der Waals surface area contributed by atoms with Crippen molar-refractivity contribution in [1.29, 1.82) is 0 Å². The van der Waals surface area contributed by atoms with Gasteiger partial charge in [-0.25, -0.2) is 4.39 Å². The van der Waals surface area contributed by atoms with E-state index in [2.05, 4.69) is 0 Å². The Morgan fingerprint density at radius 1 is 1.64 bits per heavy atom. The van der Waals surface area contributed by atoms with Gasteiger partial charge in [0.05, 0.1) is 25.2 Å². The fourth-order valence-electron chi connectivity index (χ4n) is 2.27. The van der Waals surface area contributed by atoms with Crippen LogP contribution in [0.2, 0.25) is 0 Å². The van der Waals surface area contributed by atoms with Crippen LogP contribution in [0, 0.1) is 5.92 Å². The number of ether oxygens (including phenoxy) is 1. The van der Waals surface area contributed by atoms with E-state index in [9.17, 15) is 13.6 Å². The Balaban J connectivity index is 2.30. The third kappa shape index (κ3) is 1.08. The summed E-state index contributed by atoms with van der Waals surface area (Å²) < 4.78 is 31.2. The van der Waals surface area contributed by atoms with Gasteiger partial charge in [-0.15, -0.1) is 0 Å². The van der Waals surface area contributed by atoms with Crippen molar-refractivity contribution in [1.82, 2.24) is 4.90 Å². The Bertz CT molecular complexity index is 270. The summed E-state index contributed by atoms with van der Waals surface area (Å²) in [5, 5.41) is 0. The minimum Gasteiger partial charge on any atom is -0.354 e. The van der Waals surface area contributed by atoms with Crippen molar-refractivity contribution in [2.45, 2.75) is 31.8 Å². The molecule has 1 amide bonds. The Hall–Kier alpha value is -0.710. The second kappa shape index (κ2) is 2.89. The Morgan fingerprint density at radius 3 is 2.86 bits per heavy atom. The zero-order valence-corrected chi connectivity index (χ0v) is 8.17. The van der Waals surface area contributed by atoms with Gasteiger partial charge in [-0.2, -0.15) is 0 Å². The first kappa shape index (κ1) is 9.83. The lowest BCUT2D eigenvalue weighted by molar-refractivity contribution is -0.145. The highest BCUT2D eigenvalue weighted by Gasteiger charge is 2.57. The quantitative estimate of drug-likeness (QED) is 0.636. The molecular formula is C9H13F2NO2. The van der Waals surface area contributed by atoms with Crippen LogP contribution in [-0.2, 0) is 9.53 Å². The van der Waals surface area contributed by atoms with E-state index in [0.717, 1.165) is 0 Å². The van der Waals surface area contributed by atoms with E-state index in [1.165, 1.54) is 4.90 Å². The molecule has 0 N–H and O–H groups in total. The second-order valence-corrected chi connectivity index (χ2v) is 4.25. The summed E-state index contributed by atoms with van der Waals surface area (Å²) in [6.45, 7) is 2.80. The number of rotatable bonds is 1. The van der Waals surface area contributed by atoms with E-state index >= 15 is 0 Å².